The minimum Gasteiger partial charge on any atom is -0.493 e. The van der Waals surface area contributed by atoms with E-state index in [1.54, 1.807) is 0 Å². The molecule has 0 aromatic heterocycles. The highest BCUT2D eigenvalue weighted by Gasteiger charge is 2.26. The molecule has 5 heteroatoms. The van der Waals surface area contributed by atoms with Crippen molar-refractivity contribution in [3.63, 3.8) is 0 Å². The third-order valence-corrected chi connectivity index (χ3v) is 5.23. The van der Waals surface area contributed by atoms with Crippen molar-refractivity contribution in [1.29, 1.82) is 0 Å². The lowest BCUT2D eigenvalue weighted by Crippen LogP contribution is -2.41. The fourth-order valence-electron chi connectivity index (χ4n) is 3.95. The van der Waals surface area contributed by atoms with E-state index < -0.39 is 0 Å². The Kier molecular flexibility index (Phi) is 4.72. The summed E-state index contributed by atoms with van der Waals surface area (Å²) in [6.45, 7) is 6.23. The summed E-state index contributed by atoms with van der Waals surface area (Å²) in [5, 5.41) is 0. The van der Waals surface area contributed by atoms with Crippen LogP contribution >= 0.6 is 0 Å². The second-order valence-electron chi connectivity index (χ2n) is 7.03. The van der Waals surface area contributed by atoms with Gasteiger partial charge < -0.3 is 19.3 Å². The van der Waals surface area contributed by atoms with Crippen molar-refractivity contribution in [2.75, 3.05) is 45.9 Å². The number of rotatable bonds is 3. The molecule has 1 aromatic carbocycles. The molecule has 5 nitrogen and oxygen atoms in total. The highest BCUT2D eigenvalue weighted by Crippen LogP contribution is 2.26. The Balaban J connectivity index is 1.44. The molecule has 3 heterocycles. The lowest BCUT2D eigenvalue weighted by atomic mass is 10.1. The van der Waals surface area contributed by atoms with Gasteiger partial charge >= 0.3 is 0 Å². The van der Waals surface area contributed by atoms with Crippen LogP contribution in [0.4, 0.5) is 0 Å². The number of likely N-dealkylation sites (tertiary alicyclic amines) is 1. The quantitative estimate of drug-likeness (QED) is 0.849. The maximum Gasteiger partial charge on any atom is 0.253 e. The number of carbonyl (C=O) groups is 1. The maximum atomic E-state index is 13.0. The predicted octanol–water partition coefficient (Wildman–Crippen LogP) is 1.95. The molecule has 0 aliphatic carbocycles. The Morgan fingerprint density at radius 2 is 2.00 bits per heavy atom. The van der Waals surface area contributed by atoms with Crippen molar-refractivity contribution in [2.45, 2.75) is 31.8 Å². The van der Waals surface area contributed by atoms with Gasteiger partial charge in [-0.1, -0.05) is 0 Å². The van der Waals surface area contributed by atoms with E-state index in [4.69, 9.17) is 9.47 Å². The Labute approximate surface area is 143 Å². The van der Waals surface area contributed by atoms with Gasteiger partial charge in [-0.2, -0.15) is 0 Å². The van der Waals surface area contributed by atoms with Crippen LogP contribution in [-0.2, 0) is 11.2 Å². The van der Waals surface area contributed by atoms with E-state index in [-0.39, 0.29) is 12.0 Å². The molecule has 0 bridgehead atoms. The van der Waals surface area contributed by atoms with Crippen molar-refractivity contribution >= 4 is 5.91 Å². The van der Waals surface area contributed by atoms with Crippen LogP contribution in [-0.4, -0.2) is 67.7 Å². The van der Waals surface area contributed by atoms with Crippen LogP contribution < -0.4 is 4.74 Å². The van der Waals surface area contributed by atoms with Gasteiger partial charge in [0.05, 0.1) is 12.7 Å². The zero-order valence-electron chi connectivity index (χ0n) is 14.2. The zero-order chi connectivity index (χ0) is 16.4. The van der Waals surface area contributed by atoms with Crippen molar-refractivity contribution in [3.05, 3.63) is 29.3 Å². The number of nitrogens with zero attached hydrogens (tertiary/aromatic N) is 2. The van der Waals surface area contributed by atoms with Crippen LogP contribution in [0.15, 0.2) is 18.2 Å². The van der Waals surface area contributed by atoms with Gasteiger partial charge in [-0.15, -0.1) is 0 Å². The van der Waals surface area contributed by atoms with Gasteiger partial charge in [0.25, 0.3) is 5.91 Å². The van der Waals surface area contributed by atoms with E-state index in [1.807, 2.05) is 23.1 Å². The number of hydrogen-bond acceptors (Lipinski definition) is 4. The third kappa shape index (κ3) is 3.42. The number of hydrogen-bond donors (Lipinski definition) is 0. The monoisotopic (exact) mass is 330 g/mol. The van der Waals surface area contributed by atoms with Gasteiger partial charge in [-0.25, -0.2) is 0 Å². The van der Waals surface area contributed by atoms with Crippen LogP contribution in [0.3, 0.4) is 0 Å². The van der Waals surface area contributed by atoms with Crippen LogP contribution in [0.5, 0.6) is 5.75 Å². The first-order valence-electron chi connectivity index (χ1n) is 9.18. The van der Waals surface area contributed by atoms with Gasteiger partial charge in [0.2, 0.25) is 0 Å². The summed E-state index contributed by atoms with van der Waals surface area (Å²) in [4.78, 5) is 17.4. The van der Waals surface area contributed by atoms with Crippen molar-refractivity contribution in [2.24, 2.45) is 0 Å². The molecule has 2 fully saturated rings. The second-order valence-corrected chi connectivity index (χ2v) is 7.03. The fourth-order valence-corrected chi connectivity index (χ4v) is 3.95. The molecule has 0 saturated carbocycles. The number of benzene rings is 1. The van der Waals surface area contributed by atoms with Crippen LogP contribution in [0.2, 0.25) is 0 Å². The van der Waals surface area contributed by atoms with Gasteiger partial charge in [-0.3, -0.25) is 4.79 Å². The zero-order valence-corrected chi connectivity index (χ0v) is 14.2. The molecule has 4 rings (SSSR count). The van der Waals surface area contributed by atoms with E-state index in [0.29, 0.717) is 6.54 Å². The molecule has 0 spiro atoms. The smallest absolute Gasteiger partial charge is 0.253 e. The van der Waals surface area contributed by atoms with E-state index in [2.05, 4.69) is 4.90 Å². The molecule has 1 atom stereocenters. The first-order chi connectivity index (χ1) is 11.8. The second kappa shape index (κ2) is 7.11. The summed E-state index contributed by atoms with van der Waals surface area (Å²) in [5.41, 5.74) is 1.93. The van der Waals surface area contributed by atoms with Gasteiger partial charge in [0, 0.05) is 38.2 Å². The van der Waals surface area contributed by atoms with E-state index in [9.17, 15) is 4.79 Å². The Bertz CT molecular complexity index is 598. The maximum absolute atomic E-state index is 13.0. The molecule has 130 valence electrons. The Hall–Kier alpha value is -1.59. The summed E-state index contributed by atoms with van der Waals surface area (Å²) in [6, 6.07) is 5.84. The first-order valence-corrected chi connectivity index (χ1v) is 9.18. The largest absolute Gasteiger partial charge is 0.493 e. The SMILES string of the molecule is O=C(c1ccc2c(c1)CCO2)N1CCCO[C@@H](CN2CCCC2)C1. The molecule has 3 aliphatic heterocycles. The van der Waals surface area contributed by atoms with Crippen molar-refractivity contribution < 1.29 is 14.3 Å². The minimum absolute atomic E-state index is 0.127. The molecule has 0 radical (unpaired) electrons. The molecule has 3 aliphatic rings. The third-order valence-electron chi connectivity index (χ3n) is 5.23. The molecule has 2 saturated heterocycles. The molecule has 0 unspecified atom stereocenters. The first kappa shape index (κ1) is 15.9. The van der Waals surface area contributed by atoms with E-state index in [0.717, 1.165) is 56.0 Å². The van der Waals surface area contributed by atoms with Gasteiger partial charge in [0.15, 0.2) is 0 Å². The molecule has 24 heavy (non-hydrogen) atoms. The number of ether oxygens (including phenoxy) is 2. The average Bonchev–Trinajstić information content (AvgIpc) is 3.22. The number of fused-ring (bicyclic) bond motifs is 1. The molecule has 1 amide bonds. The number of amides is 1. The standard InChI is InChI=1S/C19H26N2O3/c22-19(16-4-5-18-15(12-16)6-11-24-18)21-9-3-10-23-17(14-21)13-20-7-1-2-8-20/h4-5,12,17H,1-3,6-11,13-14H2/t17-/m0/s1. The molecular weight excluding hydrogens is 304 g/mol. The van der Waals surface area contributed by atoms with Gasteiger partial charge in [-0.05, 0) is 56.1 Å². The van der Waals surface area contributed by atoms with E-state index in [1.165, 1.54) is 25.9 Å². The lowest BCUT2D eigenvalue weighted by molar-refractivity contribution is 0.0297. The summed E-state index contributed by atoms with van der Waals surface area (Å²) >= 11 is 0. The highest BCUT2D eigenvalue weighted by molar-refractivity contribution is 5.94. The minimum atomic E-state index is 0.127. The highest BCUT2D eigenvalue weighted by atomic mass is 16.5. The topological polar surface area (TPSA) is 42.0 Å². The summed E-state index contributed by atoms with van der Waals surface area (Å²) in [7, 11) is 0. The summed E-state index contributed by atoms with van der Waals surface area (Å²) < 4.78 is 11.5. The number of carbonyl (C=O) groups excluding carboxylic acids is 1. The van der Waals surface area contributed by atoms with Crippen LogP contribution in [0.25, 0.3) is 0 Å². The summed E-state index contributed by atoms with van der Waals surface area (Å²) in [5.74, 6) is 1.05. The predicted molar refractivity (Wildman–Crippen MR) is 91.6 cm³/mol. The van der Waals surface area contributed by atoms with Crippen LogP contribution in [0.1, 0.15) is 35.2 Å². The molecule has 1 aromatic rings. The van der Waals surface area contributed by atoms with Crippen molar-refractivity contribution in [1.82, 2.24) is 9.80 Å². The lowest BCUT2D eigenvalue weighted by Gasteiger charge is -2.27. The van der Waals surface area contributed by atoms with Crippen LogP contribution in [0, 0.1) is 0 Å². The average molecular weight is 330 g/mol. The van der Waals surface area contributed by atoms with Gasteiger partial charge in [0.1, 0.15) is 5.75 Å². The molecule has 0 N–H and O–H groups in total. The Morgan fingerprint density at radius 3 is 2.88 bits per heavy atom. The van der Waals surface area contributed by atoms with Crippen molar-refractivity contribution in [3.8, 4) is 5.75 Å². The fraction of sp³-hybridized carbons (Fsp3) is 0.632. The summed E-state index contributed by atoms with van der Waals surface area (Å²) in [6.07, 6.45) is 4.51. The normalized spacial score (nSPS) is 24.5. The van der Waals surface area contributed by atoms with E-state index >= 15 is 0 Å². The Morgan fingerprint density at radius 1 is 1.12 bits per heavy atom. The molecular formula is C19H26N2O3.